The summed E-state index contributed by atoms with van der Waals surface area (Å²) in [6, 6.07) is 4.43. The molecule has 2 aromatic rings. The van der Waals surface area contributed by atoms with Crippen LogP contribution < -0.4 is 10.6 Å². The highest BCUT2D eigenvalue weighted by atomic mass is 35.5. The molecule has 0 fully saturated rings. The molecule has 5 nitrogen and oxygen atoms in total. The van der Waals surface area contributed by atoms with Crippen LogP contribution >= 0.6 is 11.6 Å². The number of pyridine rings is 1. The molecular weight excluding hydrogens is 346 g/mol. The van der Waals surface area contributed by atoms with Gasteiger partial charge in [-0.25, -0.2) is 15.0 Å². The van der Waals surface area contributed by atoms with Crippen molar-refractivity contribution in [2.45, 2.75) is 65.8 Å². The second-order valence-corrected chi connectivity index (χ2v) is 7.06. The van der Waals surface area contributed by atoms with Gasteiger partial charge in [-0.1, -0.05) is 46.2 Å². The zero-order chi connectivity index (χ0) is 19.3. The van der Waals surface area contributed by atoms with Crippen molar-refractivity contribution in [3.63, 3.8) is 0 Å². The second kappa shape index (κ2) is 9.17. The van der Waals surface area contributed by atoms with Crippen molar-refractivity contribution in [3.05, 3.63) is 28.7 Å². The largest absolute Gasteiger partial charge is 0.373 e. The zero-order valence-corrected chi connectivity index (χ0v) is 17.4. The smallest absolute Gasteiger partial charge is 0.157 e. The van der Waals surface area contributed by atoms with Gasteiger partial charge in [0.25, 0.3) is 0 Å². The number of halogens is 1. The molecule has 6 heteroatoms. The molecule has 0 aliphatic heterocycles. The highest BCUT2D eigenvalue weighted by molar-refractivity contribution is 6.32. The van der Waals surface area contributed by atoms with Gasteiger partial charge in [0.15, 0.2) is 5.15 Å². The number of rotatable bonds is 8. The predicted molar refractivity (Wildman–Crippen MR) is 111 cm³/mol. The van der Waals surface area contributed by atoms with E-state index in [2.05, 4.69) is 50.2 Å². The second-order valence-electron chi connectivity index (χ2n) is 6.71. The van der Waals surface area contributed by atoms with E-state index >= 15 is 0 Å². The number of nitrogens with zero attached hydrogens (tertiary/aromatic N) is 3. The summed E-state index contributed by atoms with van der Waals surface area (Å²) in [6.07, 6.45) is 2.85. The first-order valence-corrected chi connectivity index (χ1v) is 9.84. The third-order valence-electron chi connectivity index (χ3n) is 4.59. The summed E-state index contributed by atoms with van der Waals surface area (Å²) in [6.45, 7) is 10.7. The number of nitrogens with one attached hydrogen (secondary N) is 2. The molecule has 0 bridgehead atoms. The molecule has 2 N–H and O–H groups in total. The number of aromatic nitrogens is 3. The van der Waals surface area contributed by atoms with Crippen LogP contribution in [0.5, 0.6) is 0 Å². The number of hydrogen-bond donors (Lipinski definition) is 2. The van der Waals surface area contributed by atoms with E-state index in [1.54, 1.807) is 0 Å². The summed E-state index contributed by atoms with van der Waals surface area (Å²) in [7, 11) is 1.86. The minimum atomic E-state index is 0.357. The molecule has 2 aromatic heterocycles. The first-order valence-electron chi connectivity index (χ1n) is 9.46. The van der Waals surface area contributed by atoms with Gasteiger partial charge < -0.3 is 10.6 Å². The lowest BCUT2D eigenvalue weighted by atomic mass is 10.1. The lowest BCUT2D eigenvalue weighted by molar-refractivity contribution is 0.666. The van der Waals surface area contributed by atoms with Gasteiger partial charge in [0.05, 0.1) is 5.69 Å². The van der Waals surface area contributed by atoms with Crippen molar-refractivity contribution >= 4 is 23.2 Å². The Morgan fingerprint density at radius 1 is 1.00 bits per heavy atom. The fourth-order valence-electron chi connectivity index (χ4n) is 2.85. The fraction of sp³-hybridized carbons (Fsp3) is 0.550. The van der Waals surface area contributed by atoms with E-state index in [9.17, 15) is 0 Å². The minimum absolute atomic E-state index is 0.357. The van der Waals surface area contributed by atoms with Gasteiger partial charge in [-0.3, -0.25) is 0 Å². The summed E-state index contributed by atoms with van der Waals surface area (Å²) in [5.41, 5.74) is 3.50. The molecule has 0 atom stereocenters. The van der Waals surface area contributed by atoms with Gasteiger partial charge in [-0.05, 0) is 37.3 Å². The van der Waals surface area contributed by atoms with Crippen LogP contribution in [0.2, 0.25) is 5.15 Å². The van der Waals surface area contributed by atoms with Crippen LogP contribution in [0, 0.1) is 0 Å². The first-order chi connectivity index (χ1) is 12.4. The Kier molecular flexibility index (Phi) is 7.21. The quantitative estimate of drug-likeness (QED) is 0.636. The molecule has 0 aliphatic rings. The molecule has 2 rings (SSSR count). The Hall–Kier alpha value is -1.88. The normalized spacial score (nSPS) is 11.3. The molecule has 0 saturated carbocycles. The minimum Gasteiger partial charge on any atom is -0.373 e. The highest BCUT2D eigenvalue weighted by Gasteiger charge is 2.18. The van der Waals surface area contributed by atoms with Crippen molar-refractivity contribution in [1.29, 1.82) is 0 Å². The molecule has 0 unspecified atom stereocenters. The zero-order valence-electron chi connectivity index (χ0n) is 16.7. The Morgan fingerprint density at radius 3 is 2.23 bits per heavy atom. The molecule has 0 amide bonds. The molecule has 26 heavy (non-hydrogen) atoms. The lowest BCUT2D eigenvalue weighted by Gasteiger charge is -2.19. The van der Waals surface area contributed by atoms with Gasteiger partial charge in [0.2, 0.25) is 0 Å². The van der Waals surface area contributed by atoms with E-state index in [0.717, 1.165) is 47.8 Å². The van der Waals surface area contributed by atoms with Gasteiger partial charge in [0.1, 0.15) is 17.3 Å². The average Bonchev–Trinajstić information content (AvgIpc) is 2.65. The molecule has 2 heterocycles. The van der Waals surface area contributed by atoms with Crippen molar-refractivity contribution < 1.29 is 0 Å². The summed E-state index contributed by atoms with van der Waals surface area (Å²) in [4.78, 5) is 14.2. The monoisotopic (exact) mass is 375 g/mol. The first kappa shape index (κ1) is 20.4. The highest BCUT2D eigenvalue weighted by Crippen LogP contribution is 2.33. The summed E-state index contributed by atoms with van der Waals surface area (Å²) in [5.74, 6) is 1.92. The van der Waals surface area contributed by atoms with Crippen LogP contribution in [0.3, 0.4) is 0 Å². The standard InChI is InChI=1S/C20H30ClN5/c1-7-13(8-2)23-20-15(9-3)24-17(18(21)26-20)14-10-11-16(12(4)5)25-19(14)22-6/h10-13H,7-9H2,1-6H3,(H,22,25)(H,23,26). The van der Waals surface area contributed by atoms with Crippen molar-refractivity contribution in [3.8, 4) is 11.3 Å². The predicted octanol–water partition coefficient (Wildman–Crippen LogP) is 5.52. The number of anilines is 2. The van der Waals surface area contributed by atoms with Crippen LogP contribution in [-0.4, -0.2) is 28.0 Å². The van der Waals surface area contributed by atoms with Crippen LogP contribution in [0.25, 0.3) is 11.3 Å². The lowest BCUT2D eigenvalue weighted by Crippen LogP contribution is -2.20. The van der Waals surface area contributed by atoms with E-state index < -0.39 is 0 Å². The average molecular weight is 376 g/mol. The number of aryl methyl sites for hydroxylation is 1. The SMILES string of the molecule is CCc1nc(-c2ccc(C(C)C)nc2NC)c(Cl)nc1NC(CC)CC. The van der Waals surface area contributed by atoms with Crippen LogP contribution in [0.4, 0.5) is 11.6 Å². The van der Waals surface area contributed by atoms with Crippen molar-refractivity contribution in [2.24, 2.45) is 0 Å². The van der Waals surface area contributed by atoms with E-state index in [1.165, 1.54) is 0 Å². The van der Waals surface area contributed by atoms with Crippen molar-refractivity contribution in [2.75, 3.05) is 17.7 Å². The summed E-state index contributed by atoms with van der Waals surface area (Å²) >= 11 is 6.52. The van der Waals surface area contributed by atoms with Crippen LogP contribution in [0.15, 0.2) is 12.1 Å². The van der Waals surface area contributed by atoms with Gasteiger partial charge in [0, 0.05) is 24.3 Å². The molecule has 0 aromatic carbocycles. The Labute approximate surface area is 162 Å². The van der Waals surface area contributed by atoms with Crippen molar-refractivity contribution in [1.82, 2.24) is 15.0 Å². The van der Waals surface area contributed by atoms with Crippen LogP contribution in [0.1, 0.15) is 64.8 Å². The molecule has 0 radical (unpaired) electrons. The Balaban J connectivity index is 2.51. The van der Waals surface area contributed by atoms with Crippen LogP contribution in [-0.2, 0) is 6.42 Å². The Bertz CT molecular complexity index is 741. The molecule has 0 saturated heterocycles. The summed E-state index contributed by atoms with van der Waals surface area (Å²) < 4.78 is 0. The molecular formula is C20H30ClN5. The third-order valence-corrected chi connectivity index (χ3v) is 4.85. The third kappa shape index (κ3) is 4.44. The maximum Gasteiger partial charge on any atom is 0.157 e. The van der Waals surface area contributed by atoms with E-state index in [1.807, 2.05) is 19.2 Å². The van der Waals surface area contributed by atoms with E-state index in [4.69, 9.17) is 21.6 Å². The number of hydrogen-bond acceptors (Lipinski definition) is 5. The fourth-order valence-corrected chi connectivity index (χ4v) is 3.08. The molecule has 0 aliphatic carbocycles. The van der Waals surface area contributed by atoms with E-state index in [-0.39, 0.29) is 0 Å². The topological polar surface area (TPSA) is 62.7 Å². The molecule has 0 spiro atoms. The molecule has 142 valence electrons. The van der Waals surface area contributed by atoms with Gasteiger partial charge in [-0.2, -0.15) is 0 Å². The van der Waals surface area contributed by atoms with E-state index in [0.29, 0.717) is 22.8 Å². The van der Waals surface area contributed by atoms with Gasteiger partial charge >= 0.3 is 0 Å². The Morgan fingerprint density at radius 2 is 1.69 bits per heavy atom. The van der Waals surface area contributed by atoms with Gasteiger partial charge in [-0.15, -0.1) is 0 Å². The maximum atomic E-state index is 6.52. The maximum absolute atomic E-state index is 6.52. The summed E-state index contributed by atoms with van der Waals surface area (Å²) in [5, 5.41) is 7.04.